The second-order valence-corrected chi connectivity index (χ2v) is 21.9. The maximum absolute atomic E-state index is 12.5. The van der Waals surface area contributed by atoms with Crippen molar-refractivity contribution in [2.24, 2.45) is 76.9 Å². The highest BCUT2D eigenvalue weighted by Gasteiger charge is 2.75. The third-order valence-corrected chi connectivity index (χ3v) is 19.7. The zero-order chi connectivity index (χ0) is 39.2. The second-order valence-electron chi connectivity index (χ2n) is 21.9. The van der Waals surface area contributed by atoms with Gasteiger partial charge in [0.2, 0.25) is 0 Å². The highest BCUT2D eigenvalue weighted by atomic mass is 16.7. The summed E-state index contributed by atoms with van der Waals surface area (Å²) >= 11 is 0. The maximum Gasteiger partial charge on any atom is 0.195 e. The summed E-state index contributed by atoms with van der Waals surface area (Å²) in [5.74, 6) is 2.82. The quantitative estimate of drug-likeness (QED) is 0.228. The Balaban J connectivity index is 0.755. The van der Waals surface area contributed by atoms with Crippen molar-refractivity contribution >= 4 is 0 Å². The first-order valence-electron chi connectivity index (χ1n) is 23.3. The predicted molar refractivity (Wildman–Crippen MR) is 204 cm³/mol. The lowest BCUT2D eigenvalue weighted by Crippen LogP contribution is -2.67. The number of aromatic nitrogens is 2. The smallest absolute Gasteiger partial charge is 0.195 e. The van der Waals surface area contributed by atoms with E-state index in [4.69, 9.17) is 28.9 Å². The van der Waals surface area contributed by atoms with Crippen LogP contribution < -0.4 is 0 Å². The molecule has 5 heterocycles. The fourth-order valence-electron chi connectivity index (χ4n) is 17.4. The van der Waals surface area contributed by atoms with Crippen LogP contribution in [0.5, 0.6) is 0 Å². The van der Waals surface area contributed by atoms with Crippen LogP contribution in [0, 0.1) is 76.9 Å². The summed E-state index contributed by atoms with van der Waals surface area (Å²) in [7, 11) is 0. The average molecular weight is 803 g/mol. The van der Waals surface area contributed by atoms with E-state index in [1.54, 1.807) is 0 Å². The molecule has 13 rings (SSSR count). The molecule has 12 unspecified atom stereocenters. The molecule has 1 aromatic rings. The zero-order valence-corrected chi connectivity index (χ0v) is 33.6. The van der Waals surface area contributed by atoms with Crippen molar-refractivity contribution in [3.63, 3.8) is 0 Å². The number of rotatable bonds is 1. The molecule has 6 N–H and O–H groups in total. The lowest BCUT2D eigenvalue weighted by Gasteiger charge is -2.57. The third kappa shape index (κ3) is 4.67. The Bertz CT molecular complexity index is 1910. The van der Waals surface area contributed by atoms with Crippen molar-refractivity contribution in [3.05, 3.63) is 34.4 Å². The van der Waals surface area contributed by atoms with Gasteiger partial charge in [-0.15, -0.1) is 0 Å². The number of nitrogens with zero attached hydrogens (tertiary/aromatic N) is 2. The first-order valence-corrected chi connectivity index (χ1v) is 23.3. The minimum atomic E-state index is -1.58. The molecule has 5 saturated carbocycles. The summed E-state index contributed by atoms with van der Waals surface area (Å²) in [6, 6.07) is 0. The number of aliphatic hydroxyl groups excluding tert-OH is 5. The van der Waals surface area contributed by atoms with Gasteiger partial charge in [-0.05, 0) is 136 Å². The fourth-order valence-corrected chi connectivity index (χ4v) is 17.4. The van der Waals surface area contributed by atoms with Crippen LogP contribution in [0.1, 0.15) is 87.5 Å². The van der Waals surface area contributed by atoms with Gasteiger partial charge in [-0.25, -0.2) is 0 Å². The van der Waals surface area contributed by atoms with E-state index in [2.05, 4.69) is 6.08 Å². The summed E-state index contributed by atoms with van der Waals surface area (Å²) in [6.07, 6.45) is 9.47. The lowest BCUT2D eigenvalue weighted by molar-refractivity contribution is -0.323. The van der Waals surface area contributed by atoms with Gasteiger partial charge in [0, 0.05) is 24.7 Å². The van der Waals surface area contributed by atoms with E-state index in [9.17, 15) is 30.6 Å². The van der Waals surface area contributed by atoms with Crippen molar-refractivity contribution in [3.8, 4) is 0 Å². The van der Waals surface area contributed by atoms with Crippen LogP contribution in [0.2, 0.25) is 0 Å². The van der Waals surface area contributed by atoms with E-state index in [0.29, 0.717) is 66.8 Å². The van der Waals surface area contributed by atoms with Crippen molar-refractivity contribution in [1.82, 2.24) is 9.97 Å². The molecule has 0 amide bonds. The van der Waals surface area contributed by atoms with Gasteiger partial charge in [0.25, 0.3) is 0 Å². The maximum atomic E-state index is 12.5. The van der Waals surface area contributed by atoms with Crippen LogP contribution in [-0.2, 0) is 44.6 Å². The van der Waals surface area contributed by atoms with Gasteiger partial charge in [-0.1, -0.05) is 18.6 Å². The second kappa shape index (κ2) is 12.5. The molecule has 316 valence electrons. The molecule has 4 aliphatic heterocycles. The molecule has 12 nitrogen and oxygen atoms in total. The van der Waals surface area contributed by atoms with E-state index in [-0.39, 0.29) is 55.5 Å². The molecular formula is C46H62N2O10. The van der Waals surface area contributed by atoms with Crippen LogP contribution in [-0.4, -0.2) is 120 Å². The average Bonchev–Trinajstić information content (AvgIpc) is 3.97. The Labute approximate surface area is 340 Å². The van der Waals surface area contributed by atoms with Crippen LogP contribution in [0.25, 0.3) is 0 Å². The van der Waals surface area contributed by atoms with E-state index < -0.39 is 53.4 Å². The van der Waals surface area contributed by atoms with Crippen LogP contribution in [0.4, 0.5) is 0 Å². The molecule has 23 atom stereocenters. The van der Waals surface area contributed by atoms with E-state index >= 15 is 0 Å². The minimum absolute atomic E-state index is 0.00919. The van der Waals surface area contributed by atoms with Crippen molar-refractivity contribution in [2.75, 3.05) is 19.8 Å². The van der Waals surface area contributed by atoms with Crippen LogP contribution in [0.15, 0.2) is 11.6 Å². The molecule has 9 fully saturated rings. The first kappa shape index (κ1) is 37.0. The molecule has 1 aromatic heterocycles. The Morgan fingerprint density at radius 2 is 1.47 bits per heavy atom. The standard InChI is InChI=1S/C46H62N2O10/c1-19-17-56-45(43(19)53)15-22-8-35(50)41-25-5-3-21-7-32-34(11-27(21)29(25)13-37(58-45)40(22)41)48-31-6-20-2-4-24-28(26(20)10-33(31)47-32)12-36(51)42-30(24)14-39-46(42,54)44(18-55-39)38(52)9-23(16-49)57-44/h14,19-29,35-43,49-54H,2-13,15-18H2,1H3/t19-,20+,21+,22?,23+,24-,25?,26?,27+,28+,29?,35?,36-,37?,38-,39?,40?,41?,42?,43-,44?,45?,46-/m1/s1. The largest absolute Gasteiger partial charge is 0.394 e. The number of hydrogen-bond donors (Lipinski definition) is 6. The molecule has 2 spiro atoms. The van der Waals surface area contributed by atoms with Crippen molar-refractivity contribution < 1.29 is 49.6 Å². The molecule has 0 aromatic carbocycles. The van der Waals surface area contributed by atoms with Crippen molar-refractivity contribution in [1.29, 1.82) is 0 Å². The van der Waals surface area contributed by atoms with Gasteiger partial charge in [0.1, 0.15) is 23.4 Å². The molecule has 12 heteroatoms. The lowest BCUT2D eigenvalue weighted by atomic mass is 9.52. The SMILES string of the molecule is C[C@@H]1COC2(CC3CC(O)C4C5CC[C@H]6Cc7nc8c(nc7C[C@@H]6C5CC(O2)C34)C[C@@H]2CC[C@H]3C4=CC5OCC6(O[C@H](CO)C[C@H]6O)[C@]5(O)C4[C@H](O)C[C@@H]3C2C8)[C@@H]1O. The third-order valence-electron chi connectivity index (χ3n) is 19.7. The highest BCUT2D eigenvalue weighted by Crippen LogP contribution is 2.65. The zero-order valence-electron chi connectivity index (χ0n) is 33.6. The predicted octanol–water partition coefficient (Wildman–Crippen LogP) is 2.05. The number of ether oxygens (including phenoxy) is 4. The number of aliphatic hydroxyl groups is 6. The summed E-state index contributed by atoms with van der Waals surface area (Å²) in [5, 5.41) is 68.6. The summed E-state index contributed by atoms with van der Waals surface area (Å²) < 4.78 is 25.7. The van der Waals surface area contributed by atoms with Crippen LogP contribution >= 0.6 is 0 Å². The monoisotopic (exact) mass is 802 g/mol. The Morgan fingerprint density at radius 1 is 0.741 bits per heavy atom. The molecule has 0 bridgehead atoms. The van der Waals surface area contributed by atoms with Gasteiger partial charge in [0.15, 0.2) is 5.79 Å². The molecule has 4 saturated heterocycles. The summed E-state index contributed by atoms with van der Waals surface area (Å²) in [6.45, 7) is 2.37. The molecular weight excluding hydrogens is 741 g/mol. The Kier molecular flexibility index (Phi) is 8.00. The molecule has 8 aliphatic carbocycles. The number of hydrogen-bond acceptors (Lipinski definition) is 12. The molecule has 12 aliphatic rings. The summed E-state index contributed by atoms with van der Waals surface area (Å²) in [4.78, 5) is 11.0. The fraction of sp³-hybridized carbons (Fsp3) is 0.870. The van der Waals surface area contributed by atoms with Crippen LogP contribution in [0.3, 0.4) is 0 Å². The number of fused-ring (bicyclic) bond motifs is 14. The summed E-state index contributed by atoms with van der Waals surface area (Å²) in [5.41, 5.74) is 2.81. The van der Waals surface area contributed by atoms with E-state index in [1.165, 1.54) is 23.5 Å². The Hall–Kier alpha value is -1.58. The van der Waals surface area contributed by atoms with Crippen molar-refractivity contribution in [2.45, 2.75) is 150 Å². The van der Waals surface area contributed by atoms with E-state index in [0.717, 1.165) is 69.1 Å². The Morgan fingerprint density at radius 3 is 2.17 bits per heavy atom. The minimum Gasteiger partial charge on any atom is -0.394 e. The van der Waals surface area contributed by atoms with Gasteiger partial charge in [0.05, 0.1) is 73.1 Å². The molecule has 0 radical (unpaired) electrons. The van der Waals surface area contributed by atoms with E-state index in [1.807, 2.05) is 6.92 Å². The van der Waals surface area contributed by atoms with Gasteiger partial charge < -0.3 is 49.6 Å². The van der Waals surface area contributed by atoms with Gasteiger partial charge >= 0.3 is 0 Å². The topological polar surface area (TPSA) is 184 Å². The molecule has 58 heavy (non-hydrogen) atoms. The first-order chi connectivity index (χ1) is 28.0. The highest BCUT2D eigenvalue weighted by molar-refractivity contribution is 5.40. The van der Waals surface area contributed by atoms with Gasteiger partial charge in [-0.3, -0.25) is 9.97 Å². The van der Waals surface area contributed by atoms with Gasteiger partial charge in [-0.2, -0.15) is 0 Å². The normalized spacial score (nSPS) is 58.0.